The molecule has 0 aromatic heterocycles. The lowest BCUT2D eigenvalue weighted by atomic mass is 10.2. The Balaban J connectivity index is 2.04. The second-order valence-corrected chi connectivity index (χ2v) is 5.41. The van der Waals surface area contributed by atoms with Crippen LogP contribution >= 0.6 is 23.2 Å². The van der Waals surface area contributed by atoms with Gasteiger partial charge in [0.05, 0.1) is 16.3 Å². The fraction of sp³-hybridized carbons (Fsp3) is 0.133. The van der Waals surface area contributed by atoms with Crippen molar-refractivity contribution in [2.24, 2.45) is 0 Å². The standard InChI is InChI=1S/C15H11Cl2F3N2O/c16-11-4-2-1-3-9(11)8-21-14(23)22-13-7-10(15(18,19)20)5-6-12(13)17/h1-7H,8H2,(H2,21,22,23). The number of anilines is 1. The molecule has 122 valence electrons. The number of carbonyl (C=O) groups excluding carboxylic acids is 1. The van der Waals surface area contributed by atoms with Gasteiger partial charge in [-0.05, 0) is 29.8 Å². The van der Waals surface area contributed by atoms with E-state index in [0.29, 0.717) is 10.6 Å². The molecule has 0 fully saturated rings. The molecule has 2 rings (SSSR count). The number of urea groups is 1. The molecule has 0 saturated carbocycles. The number of nitrogens with one attached hydrogen (secondary N) is 2. The molecule has 0 spiro atoms. The first-order valence-electron chi connectivity index (χ1n) is 6.42. The Hall–Kier alpha value is -1.92. The van der Waals surface area contributed by atoms with E-state index in [1.807, 2.05) is 0 Å². The van der Waals surface area contributed by atoms with E-state index in [4.69, 9.17) is 23.2 Å². The lowest BCUT2D eigenvalue weighted by Crippen LogP contribution is -2.28. The van der Waals surface area contributed by atoms with Crippen molar-refractivity contribution in [3.8, 4) is 0 Å². The molecule has 0 unspecified atom stereocenters. The van der Waals surface area contributed by atoms with Gasteiger partial charge in [0.25, 0.3) is 0 Å². The lowest BCUT2D eigenvalue weighted by Gasteiger charge is -2.12. The zero-order valence-corrected chi connectivity index (χ0v) is 13.1. The molecule has 2 N–H and O–H groups in total. The molecule has 2 amide bonds. The fourth-order valence-corrected chi connectivity index (χ4v) is 2.15. The van der Waals surface area contributed by atoms with Gasteiger partial charge in [0.2, 0.25) is 0 Å². The van der Waals surface area contributed by atoms with E-state index < -0.39 is 17.8 Å². The molecule has 0 aliphatic rings. The smallest absolute Gasteiger partial charge is 0.334 e. The van der Waals surface area contributed by atoms with Crippen LogP contribution in [-0.4, -0.2) is 6.03 Å². The summed E-state index contributed by atoms with van der Waals surface area (Å²) in [4.78, 5) is 11.8. The van der Waals surface area contributed by atoms with Crippen LogP contribution in [0, 0.1) is 0 Å². The Morgan fingerprint density at radius 2 is 1.74 bits per heavy atom. The van der Waals surface area contributed by atoms with Crippen molar-refractivity contribution >= 4 is 34.9 Å². The van der Waals surface area contributed by atoms with Crippen LogP contribution in [0.15, 0.2) is 42.5 Å². The first-order valence-corrected chi connectivity index (χ1v) is 7.18. The fourth-order valence-electron chi connectivity index (χ4n) is 1.78. The number of amides is 2. The van der Waals surface area contributed by atoms with Gasteiger partial charge in [-0.3, -0.25) is 0 Å². The van der Waals surface area contributed by atoms with E-state index in [2.05, 4.69) is 10.6 Å². The summed E-state index contributed by atoms with van der Waals surface area (Å²) in [5, 5.41) is 5.27. The van der Waals surface area contributed by atoms with Crippen LogP contribution in [0.5, 0.6) is 0 Å². The molecular formula is C15H11Cl2F3N2O. The molecule has 0 heterocycles. The van der Waals surface area contributed by atoms with Gasteiger partial charge in [0.1, 0.15) is 0 Å². The molecule has 0 aliphatic heterocycles. The van der Waals surface area contributed by atoms with Crippen LogP contribution in [0.25, 0.3) is 0 Å². The number of carbonyl (C=O) groups is 1. The quantitative estimate of drug-likeness (QED) is 0.760. The monoisotopic (exact) mass is 362 g/mol. The Morgan fingerprint density at radius 1 is 1.04 bits per heavy atom. The van der Waals surface area contributed by atoms with E-state index in [9.17, 15) is 18.0 Å². The summed E-state index contributed by atoms with van der Waals surface area (Å²) < 4.78 is 38.0. The number of alkyl halides is 3. The van der Waals surface area contributed by atoms with Crippen molar-refractivity contribution < 1.29 is 18.0 Å². The first-order chi connectivity index (χ1) is 10.8. The van der Waals surface area contributed by atoms with Crippen LogP contribution in [0.3, 0.4) is 0 Å². The SMILES string of the molecule is O=C(NCc1ccccc1Cl)Nc1cc(C(F)(F)F)ccc1Cl. The van der Waals surface area contributed by atoms with Crippen molar-refractivity contribution in [3.05, 3.63) is 63.6 Å². The number of hydrogen-bond acceptors (Lipinski definition) is 1. The number of benzene rings is 2. The maximum absolute atomic E-state index is 12.7. The number of hydrogen-bond donors (Lipinski definition) is 2. The highest BCUT2D eigenvalue weighted by atomic mass is 35.5. The molecule has 0 saturated heterocycles. The van der Waals surface area contributed by atoms with E-state index in [-0.39, 0.29) is 17.3 Å². The second kappa shape index (κ2) is 7.10. The summed E-state index contributed by atoms with van der Waals surface area (Å²) in [6.07, 6.45) is -4.52. The molecule has 0 aliphatic carbocycles. The lowest BCUT2D eigenvalue weighted by molar-refractivity contribution is -0.137. The van der Waals surface area contributed by atoms with E-state index in [1.54, 1.807) is 24.3 Å². The molecule has 3 nitrogen and oxygen atoms in total. The minimum atomic E-state index is -4.52. The first kappa shape index (κ1) is 17.4. The third-order valence-electron chi connectivity index (χ3n) is 2.94. The summed E-state index contributed by atoms with van der Waals surface area (Å²) in [5.74, 6) is 0. The van der Waals surface area contributed by atoms with Crippen LogP contribution in [0.4, 0.5) is 23.7 Å². The Bertz CT molecular complexity index is 720. The molecule has 23 heavy (non-hydrogen) atoms. The molecule has 0 radical (unpaired) electrons. The van der Waals surface area contributed by atoms with Gasteiger partial charge in [-0.15, -0.1) is 0 Å². The average molecular weight is 363 g/mol. The molecule has 8 heteroatoms. The highest BCUT2D eigenvalue weighted by molar-refractivity contribution is 6.33. The highest BCUT2D eigenvalue weighted by Gasteiger charge is 2.31. The molecular weight excluding hydrogens is 352 g/mol. The van der Waals surface area contributed by atoms with Gasteiger partial charge >= 0.3 is 12.2 Å². The highest BCUT2D eigenvalue weighted by Crippen LogP contribution is 2.33. The van der Waals surface area contributed by atoms with Crippen LogP contribution < -0.4 is 10.6 Å². The maximum Gasteiger partial charge on any atom is 0.416 e. The molecule has 0 atom stereocenters. The van der Waals surface area contributed by atoms with Crippen molar-refractivity contribution in [2.45, 2.75) is 12.7 Å². The normalized spacial score (nSPS) is 11.2. The predicted molar refractivity (Wildman–Crippen MR) is 83.8 cm³/mol. The van der Waals surface area contributed by atoms with Gasteiger partial charge in [-0.2, -0.15) is 13.2 Å². The van der Waals surface area contributed by atoms with E-state index in [0.717, 1.165) is 18.2 Å². The minimum absolute atomic E-state index is 0.00546. The third kappa shape index (κ3) is 4.77. The number of halogens is 5. The van der Waals surface area contributed by atoms with Crippen LogP contribution in [0.2, 0.25) is 10.0 Å². The molecule has 2 aromatic carbocycles. The summed E-state index contributed by atoms with van der Waals surface area (Å²) in [5.41, 5.74) is -0.346. The Morgan fingerprint density at radius 3 is 2.39 bits per heavy atom. The summed E-state index contributed by atoms with van der Waals surface area (Å²) in [7, 11) is 0. The maximum atomic E-state index is 12.7. The van der Waals surface area contributed by atoms with Crippen molar-refractivity contribution in [1.82, 2.24) is 5.32 Å². The van der Waals surface area contributed by atoms with Gasteiger partial charge in [-0.1, -0.05) is 41.4 Å². The topological polar surface area (TPSA) is 41.1 Å². The molecule has 2 aromatic rings. The van der Waals surface area contributed by atoms with E-state index in [1.165, 1.54) is 0 Å². The zero-order valence-electron chi connectivity index (χ0n) is 11.5. The number of rotatable bonds is 3. The zero-order chi connectivity index (χ0) is 17.0. The minimum Gasteiger partial charge on any atom is -0.334 e. The van der Waals surface area contributed by atoms with Crippen molar-refractivity contribution in [2.75, 3.05) is 5.32 Å². The summed E-state index contributed by atoms with van der Waals surface area (Å²) >= 11 is 11.7. The Labute approximate surface area is 140 Å². The molecule has 0 bridgehead atoms. The third-order valence-corrected chi connectivity index (χ3v) is 3.64. The van der Waals surface area contributed by atoms with E-state index >= 15 is 0 Å². The second-order valence-electron chi connectivity index (χ2n) is 4.59. The summed E-state index contributed by atoms with van der Waals surface area (Å²) in [6, 6.07) is 8.89. The van der Waals surface area contributed by atoms with Gasteiger partial charge < -0.3 is 10.6 Å². The van der Waals surface area contributed by atoms with Crippen LogP contribution in [-0.2, 0) is 12.7 Å². The largest absolute Gasteiger partial charge is 0.416 e. The summed E-state index contributed by atoms with van der Waals surface area (Å²) in [6.45, 7) is 0.127. The van der Waals surface area contributed by atoms with Gasteiger partial charge in [0, 0.05) is 11.6 Å². The van der Waals surface area contributed by atoms with Crippen molar-refractivity contribution in [1.29, 1.82) is 0 Å². The van der Waals surface area contributed by atoms with Gasteiger partial charge in [-0.25, -0.2) is 4.79 Å². The van der Waals surface area contributed by atoms with Crippen molar-refractivity contribution in [3.63, 3.8) is 0 Å². The van der Waals surface area contributed by atoms with Crippen LogP contribution in [0.1, 0.15) is 11.1 Å². The Kier molecular flexibility index (Phi) is 5.38. The van der Waals surface area contributed by atoms with Gasteiger partial charge in [0.15, 0.2) is 0 Å². The predicted octanol–water partition coefficient (Wildman–Crippen LogP) is 5.33. The average Bonchev–Trinajstić information content (AvgIpc) is 2.47.